The first-order chi connectivity index (χ1) is 17.7. The predicted molar refractivity (Wildman–Crippen MR) is 136 cm³/mol. The molecule has 0 saturated carbocycles. The Morgan fingerprint density at radius 1 is 0.947 bits per heavy atom. The molecule has 0 aliphatic carbocycles. The Hall–Kier alpha value is -4.13. The second-order valence-corrected chi connectivity index (χ2v) is 11.2. The zero-order chi connectivity index (χ0) is 28.5. The molecule has 0 bridgehead atoms. The van der Waals surface area contributed by atoms with Crippen LogP contribution in [0.1, 0.15) is 32.4 Å². The van der Waals surface area contributed by atoms with E-state index in [1.165, 1.54) is 31.4 Å². The van der Waals surface area contributed by atoms with Gasteiger partial charge in [-0.1, -0.05) is 30.3 Å². The molecule has 13 heteroatoms. The number of carbonyl (C=O) groups is 4. The van der Waals surface area contributed by atoms with Crippen molar-refractivity contribution in [3.05, 3.63) is 60.2 Å². The van der Waals surface area contributed by atoms with E-state index in [0.29, 0.717) is 11.3 Å². The lowest BCUT2D eigenvalue weighted by molar-refractivity contribution is -0.141. The van der Waals surface area contributed by atoms with Crippen LogP contribution in [0.25, 0.3) is 0 Å². The van der Waals surface area contributed by atoms with E-state index in [1.807, 2.05) is 0 Å². The molecule has 0 heterocycles. The highest BCUT2D eigenvalue weighted by atomic mass is 32.2. The van der Waals surface area contributed by atoms with Crippen molar-refractivity contribution in [1.29, 1.82) is 0 Å². The van der Waals surface area contributed by atoms with E-state index < -0.39 is 63.7 Å². The SMILES string of the molecule is COc1ccc(S(=O)(=O)CC(NC(=O)CNC(=O)C(NC(=O)OC(C)(C)C)c2ccccc2)C(=O)O)cc1. The molecule has 4 N–H and O–H groups in total. The quantitative estimate of drug-likeness (QED) is 0.323. The summed E-state index contributed by atoms with van der Waals surface area (Å²) in [7, 11) is -2.67. The van der Waals surface area contributed by atoms with Gasteiger partial charge < -0.3 is 30.5 Å². The molecule has 2 aromatic rings. The number of hydrogen-bond acceptors (Lipinski definition) is 8. The minimum Gasteiger partial charge on any atom is -0.497 e. The monoisotopic (exact) mass is 549 g/mol. The number of benzene rings is 2. The summed E-state index contributed by atoms with van der Waals surface area (Å²) in [6.07, 6.45) is -0.861. The Morgan fingerprint density at radius 3 is 2.08 bits per heavy atom. The smallest absolute Gasteiger partial charge is 0.408 e. The van der Waals surface area contributed by atoms with Gasteiger partial charge in [-0.3, -0.25) is 9.59 Å². The van der Waals surface area contributed by atoms with E-state index in [0.717, 1.165) is 0 Å². The zero-order valence-electron chi connectivity index (χ0n) is 21.4. The Balaban J connectivity index is 2.06. The summed E-state index contributed by atoms with van der Waals surface area (Å²) in [6, 6.07) is 10.5. The number of nitrogens with one attached hydrogen (secondary N) is 3. The summed E-state index contributed by atoms with van der Waals surface area (Å²) in [5.41, 5.74) is -0.412. The summed E-state index contributed by atoms with van der Waals surface area (Å²) >= 11 is 0. The Kier molecular flexibility index (Phi) is 10.2. The van der Waals surface area contributed by atoms with Crippen LogP contribution in [0.15, 0.2) is 59.5 Å². The van der Waals surface area contributed by atoms with Gasteiger partial charge in [-0.2, -0.15) is 0 Å². The van der Waals surface area contributed by atoms with Crippen molar-refractivity contribution < 1.29 is 42.2 Å². The minimum absolute atomic E-state index is 0.147. The van der Waals surface area contributed by atoms with Crippen LogP contribution in [-0.2, 0) is 29.0 Å². The largest absolute Gasteiger partial charge is 0.497 e. The summed E-state index contributed by atoms with van der Waals surface area (Å²) < 4.78 is 35.5. The molecule has 0 aliphatic heterocycles. The number of carboxylic acids is 1. The molecular formula is C25H31N3O9S. The minimum atomic E-state index is -4.08. The molecule has 0 aromatic heterocycles. The van der Waals surface area contributed by atoms with Gasteiger partial charge in [0.15, 0.2) is 9.84 Å². The van der Waals surface area contributed by atoms with Crippen LogP contribution >= 0.6 is 0 Å². The van der Waals surface area contributed by atoms with Crippen molar-refractivity contribution in [2.45, 2.75) is 43.4 Å². The second kappa shape index (κ2) is 12.9. The van der Waals surface area contributed by atoms with Crippen LogP contribution in [0.5, 0.6) is 5.75 Å². The predicted octanol–water partition coefficient (Wildman–Crippen LogP) is 1.42. The molecule has 3 amide bonds. The van der Waals surface area contributed by atoms with Crippen molar-refractivity contribution >= 4 is 33.7 Å². The topological polar surface area (TPSA) is 177 Å². The van der Waals surface area contributed by atoms with Gasteiger partial charge >= 0.3 is 12.1 Å². The van der Waals surface area contributed by atoms with Gasteiger partial charge in [-0.15, -0.1) is 0 Å². The third-order valence-electron chi connectivity index (χ3n) is 4.92. The molecule has 38 heavy (non-hydrogen) atoms. The highest BCUT2D eigenvalue weighted by Crippen LogP contribution is 2.18. The normalized spacial score (nSPS) is 12.9. The Bertz CT molecular complexity index is 1240. The second-order valence-electron chi connectivity index (χ2n) is 9.12. The molecular weight excluding hydrogens is 518 g/mol. The van der Waals surface area contributed by atoms with Gasteiger partial charge in [0.2, 0.25) is 11.8 Å². The fraction of sp³-hybridized carbons (Fsp3) is 0.360. The van der Waals surface area contributed by atoms with E-state index in [-0.39, 0.29) is 4.90 Å². The molecule has 0 radical (unpaired) electrons. The average molecular weight is 550 g/mol. The standard InChI is InChI=1S/C25H31N3O9S/c1-25(2,3)37-24(33)28-21(16-8-6-5-7-9-16)22(30)26-14-20(29)27-19(23(31)32)15-38(34,35)18-12-10-17(36-4)11-13-18/h5-13,19,21H,14-15H2,1-4H3,(H,26,30)(H,27,29)(H,28,33)(H,31,32). The van der Waals surface area contributed by atoms with Gasteiger partial charge in [-0.05, 0) is 50.6 Å². The summed E-state index contributed by atoms with van der Waals surface area (Å²) in [5, 5.41) is 16.3. The third-order valence-corrected chi connectivity index (χ3v) is 6.68. The van der Waals surface area contributed by atoms with Crippen molar-refractivity contribution in [2.24, 2.45) is 0 Å². The van der Waals surface area contributed by atoms with Crippen molar-refractivity contribution in [3.8, 4) is 5.75 Å². The van der Waals surface area contributed by atoms with Crippen LogP contribution in [0.2, 0.25) is 0 Å². The number of ether oxygens (including phenoxy) is 2. The van der Waals surface area contributed by atoms with Crippen LogP contribution in [0, 0.1) is 0 Å². The Labute approximate surface area is 220 Å². The molecule has 0 spiro atoms. The fourth-order valence-corrected chi connectivity index (χ4v) is 4.57. The number of alkyl carbamates (subject to hydrolysis) is 1. The van der Waals surface area contributed by atoms with E-state index >= 15 is 0 Å². The molecule has 2 unspecified atom stereocenters. The molecule has 2 rings (SSSR count). The number of carbonyl (C=O) groups excluding carboxylic acids is 3. The maximum Gasteiger partial charge on any atom is 0.408 e. The molecule has 12 nitrogen and oxygen atoms in total. The van der Waals surface area contributed by atoms with Gasteiger partial charge in [0.25, 0.3) is 0 Å². The van der Waals surface area contributed by atoms with E-state index in [1.54, 1.807) is 51.1 Å². The first-order valence-corrected chi connectivity index (χ1v) is 13.1. The number of carboxylic acid groups (broad SMARTS) is 1. The number of hydrogen-bond donors (Lipinski definition) is 4. The number of amides is 3. The van der Waals surface area contributed by atoms with Crippen molar-refractivity contribution in [2.75, 3.05) is 19.4 Å². The average Bonchev–Trinajstić information content (AvgIpc) is 2.84. The van der Waals surface area contributed by atoms with Gasteiger partial charge in [0.1, 0.15) is 23.4 Å². The van der Waals surface area contributed by atoms with E-state index in [9.17, 15) is 32.7 Å². The number of sulfone groups is 1. The van der Waals surface area contributed by atoms with Crippen LogP contribution in [0.4, 0.5) is 4.79 Å². The first-order valence-electron chi connectivity index (χ1n) is 11.4. The lowest BCUT2D eigenvalue weighted by atomic mass is 10.1. The number of methoxy groups -OCH3 is 1. The van der Waals surface area contributed by atoms with E-state index in [2.05, 4.69) is 16.0 Å². The number of aliphatic carboxylic acids is 1. The molecule has 2 atom stereocenters. The van der Waals surface area contributed by atoms with Gasteiger partial charge in [0, 0.05) is 0 Å². The maximum absolute atomic E-state index is 12.9. The van der Waals surface area contributed by atoms with Crippen LogP contribution in [-0.4, -0.2) is 68.5 Å². The molecule has 0 saturated heterocycles. The van der Waals surface area contributed by atoms with Crippen LogP contribution < -0.4 is 20.7 Å². The van der Waals surface area contributed by atoms with Gasteiger partial charge in [-0.25, -0.2) is 18.0 Å². The molecule has 206 valence electrons. The number of rotatable bonds is 11. The first kappa shape index (κ1) is 30.1. The summed E-state index contributed by atoms with van der Waals surface area (Å²) in [6.45, 7) is 4.29. The highest BCUT2D eigenvalue weighted by molar-refractivity contribution is 7.91. The summed E-state index contributed by atoms with van der Waals surface area (Å²) in [5.74, 6) is -3.79. The van der Waals surface area contributed by atoms with Gasteiger partial charge in [0.05, 0.1) is 24.3 Å². The fourth-order valence-electron chi connectivity index (χ4n) is 3.16. The third kappa shape index (κ3) is 9.39. The molecule has 0 fully saturated rings. The molecule has 0 aliphatic rings. The lowest BCUT2D eigenvalue weighted by Crippen LogP contribution is -2.50. The zero-order valence-corrected chi connectivity index (χ0v) is 22.2. The van der Waals surface area contributed by atoms with E-state index in [4.69, 9.17) is 9.47 Å². The summed E-state index contributed by atoms with van der Waals surface area (Å²) in [4.78, 5) is 49.1. The van der Waals surface area contributed by atoms with Crippen molar-refractivity contribution in [3.63, 3.8) is 0 Å². The molecule has 2 aromatic carbocycles. The van der Waals surface area contributed by atoms with Crippen molar-refractivity contribution in [1.82, 2.24) is 16.0 Å². The highest BCUT2D eigenvalue weighted by Gasteiger charge is 2.29. The van der Waals surface area contributed by atoms with Crippen LogP contribution in [0.3, 0.4) is 0 Å². The maximum atomic E-state index is 12.9. The Morgan fingerprint density at radius 2 is 1.55 bits per heavy atom. The lowest BCUT2D eigenvalue weighted by Gasteiger charge is -2.23.